The number of hydrogen-bond donors (Lipinski definition) is 6. The SMILES string of the molecule is CC[C@H](C)[C@@H]1NC(=O)c2cc(N)ccc2OCc2ccc(C(N)=O)cc2NC(=O)[C@H](CCCN=C(C)N)NC1=O. The molecule has 12 heteroatoms. The maximum Gasteiger partial charge on any atom is 0.255 e. The molecule has 3 rings (SSSR count). The fourth-order valence-electron chi connectivity index (χ4n) is 4.20. The second-order valence-electron chi connectivity index (χ2n) is 9.83. The van der Waals surface area contributed by atoms with Gasteiger partial charge in [-0.15, -0.1) is 0 Å². The highest BCUT2D eigenvalue weighted by Gasteiger charge is 2.31. The van der Waals surface area contributed by atoms with Crippen molar-refractivity contribution >= 4 is 40.8 Å². The van der Waals surface area contributed by atoms with Gasteiger partial charge in [-0.2, -0.15) is 0 Å². The minimum Gasteiger partial charge on any atom is -0.488 e. The van der Waals surface area contributed by atoms with Crippen LogP contribution < -0.4 is 37.9 Å². The van der Waals surface area contributed by atoms with Crippen molar-refractivity contribution in [3.63, 3.8) is 0 Å². The first-order valence-electron chi connectivity index (χ1n) is 13.1. The lowest BCUT2D eigenvalue weighted by Gasteiger charge is -2.27. The van der Waals surface area contributed by atoms with Gasteiger partial charge >= 0.3 is 0 Å². The van der Waals surface area contributed by atoms with Crippen molar-refractivity contribution in [3.8, 4) is 5.75 Å². The highest BCUT2D eigenvalue weighted by atomic mass is 16.5. The van der Waals surface area contributed by atoms with Crippen molar-refractivity contribution in [2.75, 3.05) is 17.6 Å². The van der Waals surface area contributed by atoms with E-state index < -0.39 is 35.7 Å². The molecular weight excluding hydrogens is 514 g/mol. The maximum atomic E-state index is 13.5. The molecule has 0 bridgehead atoms. The number of nitrogens with zero attached hydrogens (tertiary/aromatic N) is 1. The standard InChI is InChI=1S/C28H37N7O5/c1-4-15(2)24-28(39)33-21(6-5-11-32-16(3)29)27(38)34-22-12-17(25(31)36)7-8-18(22)14-40-23-10-9-19(30)13-20(23)26(37)35-24/h7-10,12-13,15,21,24H,4-6,11,14,30H2,1-3H3,(H2,29,32)(H2,31,36)(H,33,39)(H,34,38)(H,35,37)/t15-,21-,24-/m0/s1. The molecule has 2 aromatic rings. The number of amides is 4. The number of ether oxygens (including phenoxy) is 1. The van der Waals surface area contributed by atoms with Crippen molar-refractivity contribution in [3.05, 3.63) is 53.1 Å². The van der Waals surface area contributed by atoms with Crippen LogP contribution in [0, 0.1) is 5.92 Å². The van der Waals surface area contributed by atoms with Gasteiger partial charge in [0.1, 0.15) is 24.4 Å². The molecule has 0 unspecified atom stereocenters. The van der Waals surface area contributed by atoms with Crippen molar-refractivity contribution in [2.24, 2.45) is 22.4 Å². The smallest absolute Gasteiger partial charge is 0.255 e. The number of amidine groups is 1. The van der Waals surface area contributed by atoms with Crippen LogP contribution >= 0.6 is 0 Å². The van der Waals surface area contributed by atoms with Gasteiger partial charge in [-0.25, -0.2) is 0 Å². The van der Waals surface area contributed by atoms with Crippen LogP contribution in [0.4, 0.5) is 11.4 Å². The summed E-state index contributed by atoms with van der Waals surface area (Å²) < 4.78 is 5.99. The molecule has 4 amide bonds. The lowest BCUT2D eigenvalue weighted by Crippen LogP contribution is -2.55. The molecule has 0 spiro atoms. The summed E-state index contributed by atoms with van der Waals surface area (Å²) in [5.74, 6) is -1.86. The van der Waals surface area contributed by atoms with Gasteiger partial charge in [-0.05, 0) is 56.0 Å². The minimum atomic E-state index is -0.971. The Labute approximate surface area is 233 Å². The monoisotopic (exact) mass is 551 g/mol. The minimum absolute atomic E-state index is 0.0465. The van der Waals surface area contributed by atoms with E-state index in [4.69, 9.17) is 21.9 Å². The Bertz CT molecular complexity index is 1310. The molecule has 0 radical (unpaired) electrons. The fraction of sp³-hybridized carbons (Fsp3) is 0.393. The predicted molar refractivity (Wildman–Crippen MR) is 153 cm³/mol. The molecule has 1 aliphatic heterocycles. The third-order valence-electron chi connectivity index (χ3n) is 6.71. The Morgan fingerprint density at radius 1 is 1.10 bits per heavy atom. The van der Waals surface area contributed by atoms with E-state index in [0.29, 0.717) is 36.5 Å². The average Bonchev–Trinajstić information content (AvgIpc) is 2.91. The van der Waals surface area contributed by atoms with E-state index in [0.717, 1.165) is 0 Å². The Kier molecular flexibility index (Phi) is 10.1. The van der Waals surface area contributed by atoms with E-state index in [9.17, 15) is 19.2 Å². The molecule has 0 fully saturated rings. The summed E-state index contributed by atoms with van der Waals surface area (Å²) in [5, 5.41) is 8.43. The lowest BCUT2D eigenvalue weighted by molar-refractivity contribution is -0.128. The summed E-state index contributed by atoms with van der Waals surface area (Å²) in [6.45, 7) is 5.71. The third kappa shape index (κ3) is 7.71. The molecule has 0 aromatic heterocycles. The summed E-state index contributed by atoms with van der Waals surface area (Å²) >= 11 is 0. The van der Waals surface area contributed by atoms with Crippen molar-refractivity contribution in [1.82, 2.24) is 10.6 Å². The quantitative estimate of drug-likeness (QED) is 0.130. The largest absolute Gasteiger partial charge is 0.488 e. The molecule has 1 heterocycles. The van der Waals surface area contributed by atoms with Crippen molar-refractivity contribution < 1.29 is 23.9 Å². The lowest BCUT2D eigenvalue weighted by atomic mass is 9.97. The van der Waals surface area contributed by atoms with E-state index in [1.807, 2.05) is 13.8 Å². The number of primary amides is 1. The zero-order chi connectivity index (χ0) is 29.4. The predicted octanol–water partition coefficient (Wildman–Crippen LogP) is 1.69. The number of anilines is 2. The Morgan fingerprint density at radius 3 is 2.52 bits per heavy atom. The number of rotatable bonds is 7. The Hall–Kier alpha value is -4.61. The van der Waals surface area contributed by atoms with Crippen LogP contribution in [0.25, 0.3) is 0 Å². The van der Waals surface area contributed by atoms with E-state index in [1.54, 1.807) is 25.1 Å². The van der Waals surface area contributed by atoms with E-state index in [1.165, 1.54) is 18.2 Å². The molecular formula is C28H37N7O5. The molecule has 40 heavy (non-hydrogen) atoms. The van der Waals surface area contributed by atoms with E-state index in [2.05, 4.69) is 20.9 Å². The first-order chi connectivity index (χ1) is 19.0. The number of nitrogens with one attached hydrogen (secondary N) is 3. The summed E-state index contributed by atoms with van der Waals surface area (Å²) in [4.78, 5) is 56.5. The van der Waals surface area contributed by atoms with Crippen LogP contribution in [0.2, 0.25) is 0 Å². The highest BCUT2D eigenvalue weighted by molar-refractivity contribution is 6.03. The van der Waals surface area contributed by atoms with Gasteiger partial charge in [0.15, 0.2) is 0 Å². The third-order valence-corrected chi connectivity index (χ3v) is 6.71. The number of hydrogen-bond acceptors (Lipinski definition) is 7. The summed E-state index contributed by atoms with van der Waals surface area (Å²) in [6.07, 6.45) is 1.29. The van der Waals surface area contributed by atoms with Crippen LogP contribution in [0.3, 0.4) is 0 Å². The number of carbonyl (C=O) groups excluding carboxylic acids is 4. The Morgan fingerprint density at radius 2 is 1.85 bits per heavy atom. The van der Waals surface area contributed by atoms with Gasteiger partial charge in [-0.3, -0.25) is 24.2 Å². The van der Waals surface area contributed by atoms with Crippen LogP contribution in [0.15, 0.2) is 41.4 Å². The fourth-order valence-corrected chi connectivity index (χ4v) is 4.20. The maximum absolute atomic E-state index is 13.5. The number of carbonyl (C=O) groups is 4. The molecule has 12 nitrogen and oxygen atoms in total. The number of nitrogen functional groups attached to an aromatic ring is 1. The molecule has 0 saturated heterocycles. The molecule has 2 aromatic carbocycles. The summed E-state index contributed by atoms with van der Waals surface area (Å²) in [7, 11) is 0. The van der Waals surface area contributed by atoms with Gasteiger partial charge in [0, 0.05) is 29.0 Å². The van der Waals surface area contributed by atoms with Crippen LogP contribution in [0.1, 0.15) is 66.3 Å². The van der Waals surface area contributed by atoms with Gasteiger partial charge in [0.05, 0.1) is 11.4 Å². The van der Waals surface area contributed by atoms with Gasteiger partial charge < -0.3 is 37.9 Å². The van der Waals surface area contributed by atoms with Gasteiger partial charge in [0.2, 0.25) is 17.7 Å². The van der Waals surface area contributed by atoms with Gasteiger partial charge in [-0.1, -0.05) is 26.3 Å². The number of nitrogens with two attached hydrogens (primary N) is 3. The number of fused-ring (bicyclic) bond motifs is 2. The first-order valence-corrected chi connectivity index (χ1v) is 13.1. The summed E-state index contributed by atoms with van der Waals surface area (Å²) in [5.41, 5.74) is 18.5. The Balaban J connectivity index is 2.07. The topological polar surface area (TPSA) is 204 Å². The normalized spacial score (nSPS) is 19.1. The van der Waals surface area contributed by atoms with Crippen LogP contribution in [-0.2, 0) is 16.2 Å². The van der Waals surface area contributed by atoms with E-state index in [-0.39, 0.29) is 41.5 Å². The number of benzene rings is 2. The molecule has 214 valence electrons. The zero-order valence-electron chi connectivity index (χ0n) is 23.0. The second-order valence-corrected chi connectivity index (χ2v) is 9.83. The second kappa shape index (κ2) is 13.5. The van der Waals surface area contributed by atoms with Crippen molar-refractivity contribution in [2.45, 2.75) is 58.7 Å². The van der Waals surface area contributed by atoms with Gasteiger partial charge in [0.25, 0.3) is 5.91 Å². The van der Waals surface area contributed by atoms with Crippen LogP contribution in [-0.4, -0.2) is 48.1 Å². The molecule has 0 saturated carbocycles. The summed E-state index contributed by atoms with van der Waals surface area (Å²) in [6, 6.07) is 7.28. The average molecular weight is 552 g/mol. The molecule has 3 atom stereocenters. The molecule has 0 aliphatic carbocycles. The number of aliphatic imine (C=N–C) groups is 1. The highest BCUT2D eigenvalue weighted by Crippen LogP contribution is 2.26. The molecule has 9 N–H and O–H groups in total. The molecule has 1 aliphatic rings. The zero-order valence-corrected chi connectivity index (χ0v) is 23.0. The van der Waals surface area contributed by atoms with Crippen LogP contribution in [0.5, 0.6) is 5.75 Å². The van der Waals surface area contributed by atoms with Crippen molar-refractivity contribution in [1.29, 1.82) is 0 Å². The van der Waals surface area contributed by atoms with E-state index >= 15 is 0 Å². The first kappa shape index (κ1) is 29.9.